The van der Waals surface area contributed by atoms with Gasteiger partial charge in [0.25, 0.3) is 0 Å². The summed E-state index contributed by atoms with van der Waals surface area (Å²) in [6, 6.07) is 12.2. The van der Waals surface area contributed by atoms with Crippen LogP contribution in [0.15, 0.2) is 65.4 Å². The first-order valence-electron chi connectivity index (χ1n) is 12.1. The second kappa shape index (κ2) is 10.4. The summed E-state index contributed by atoms with van der Waals surface area (Å²) < 4.78 is 1.14. The van der Waals surface area contributed by atoms with E-state index in [0.717, 1.165) is 66.2 Å². The van der Waals surface area contributed by atoms with E-state index in [-0.39, 0.29) is 0 Å². The number of aldehydes is 1. The van der Waals surface area contributed by atoms with Gasteiger partial charge in [0.2, 0.25) is 0 Å². The average molecular weight is 531 g/mol. The van der Waals surface area contributed by atoms with E-state index >= 15 is 0 Å². The van der Waals surface area contributed by atoms with Gasteiger partial charge >= 0.3 is 0 Å². The second-order valence-corrected chi connectivity index (χ2v) is 10.4. The molecule has 0 bridgehead atoms. The second-order valence-electron chi connectivity index (χ2n) is 9.50. The number of hydrogen-bond donors (Lipinski definition) is 2. The molecule has 180 valence electrons. The fourth-order valence-corrected chi connectivity index (χ4v) is 5.23. The standard InChI is InChI=1S/C15H16N2O.C14H15BrN2/c1-17-6-4-12(5-7-17)14-9-16-15-3-2-11(10-18)8-13(14)15;1-17-6-4-10(5-7-17)13-9-16-14-3-2-11(15)8-12(13)14/h2-4,8-10,16H,5-7H2,1H3;2-4,8-9,16H,5-7H2,1H3. The van der Waals surface area contributed by atoms with Gasteiger partial charge in [0.15, 0.2) is 0 Å². The van der Waals surface area contributed by atoms with Gasteiger partial charge in [0.05, 0.1) is 0 Å². The maximum atomic E-state index is 10.9. The van der Waals surface area contributed by atoms with Crippen molar-refractivity contribution >= 4 is 55.2 Å². The van der Waals surface area contributed by atoms with Crippen LogP contribution in [0.1, 0.15) is 34.3 Å². The molecule has 0 fully saturated rings. The van der Waals surface area contributed by atoms with E-state index in [4.69, 9.17) is 0 Å². The summed E-state index contributed by atoms with van der Waals surface area (Å²) in [5.74, 6) is 0. The Hall–Kier alpha value is -2.93. The smallest absolute Gasteiger partial charge is 0.150 e. The highest BCUT2D eigenvalue weighted by Crippen LogP contribution is 2.31. The molecule has 0 unspecified atom stereocenters. The molecule has 6 rings (SSSR count). The minimum Gasteiger partial charge on any atom is -0.361 e. The van der Waals surface area contributed by atoms with Crippen LogP contribution in [0.2, 0.25) is 0 Å². The molecule has 0 amide bonds. The van der Waals surface area contributed by atoms with Crippen LogP contribution in [-0.4, -0.2) is 66.3 Å². The van der Waals surface area contributed by atoms with Crippen LogP contribution in [0.25, 0.3) is 33.0 Å². The third-order valence-corrected chi connectivity index (χ3v) is 7.50. The topological polar surface area (TPSA) is 55.1 Å². The maximum absolute atomic E-state index is 10.9. The Morgan fingerprint density at radius 2 is 1.34 bits per heavy atom. The average Bonchev–Trinajstić information content (AvgIpc) is 3.49. The van der Waals surface area contributed by atoms with Crippen molar-refractivity contribution in [2.24, 2.45) is 0 Å². The molecule has 0 atom stereocenters. The number of halogens is 1. The van der Waals surface area contributed by atoms with Gasteiger partial charge < -0.3 is 19.8 Å². The van der Waals surface area contributed by atoms with Crippen molar-refractivity contribution in [2.75, 3.05) is 40.3 Å². The van der Waals surface area contributed by atoms with E-state index in [0.29, 0.717) is 0 Å². The lowest BCUT2D eigenvalue weighted by Crippen LogP contribution is -2.23. The van der Waals surface area contributed by atoms with Gasteiger partial charge in [-0.25, -0.2) is 0 Å². The molecule has 0 radical (unpaired) electrons. The number of hydrogen-bond acceptors (Lipinski definition) is 3. The van der Waals surface area contributed by atoms with Crippen molar-refractivity contribution in [1.29, 1.82) is 0 Å². The number of aromatic amines is 2. The molecule has 4 aromatic rings. The molecule has 2 aromatic carbocycles. The van der Waals surface area contributed by atoms with Gasteiger partial charge in [-0.1, -0.05) is 28.1 Å². The van der Waals surface area contributed by atoms with E-state index in [1.807, 2.05) is 18.2 Å². The first kappa shape index (κ1) is 23.8. The van der Waals surface area contributed by atoms with Crippen molar-refractivity contribution in [3.05, 3.63) is 82.1 Å². The van der Waals surface area contributed by atoms with Crippen LogP contribution in [0, 0.1) is 0 Å². The zero-order chi connectivity index (χ0) is 24.4. The van der Waals surface area contributed by atoms with Gasteiger partial charge in [0.1, 0.15) is 6.29 Å². The number of nitrogens with one attached hydrogen (secondary N) is 2. The van der Waals surface area contributed by atoms with Gasteiger partial charge in [0, 0.05) is 81.5 Å². The highest BCUT2D eigenvalue weighted by molar-refractivity contribution is 9.10. The van der Waals surface area contributed by atoms with E-state index in [9.17, 15) is 4.79 Å². The van der Waals surface area contributed by atoms with Crippen molar-refractivity contribution in [2.45, 2.75) is 12.8 Å². The molecule has 2 aliphatic rings. The Morgan fingerprint density at radius 1 is 0.800 bits per heavy atom. The number of H-pyrrole nitrogens is 2. The van der Waals surface area contributed by atoms with Crippen molar-refractivity contribution < 1.29 is 4.79 Å². The Labute approximate surface area is 214 Å². The Morgan fingerprint density at radius 3 is 1.86 bits per heavy atom. The Balaban J connectivity index is 0.000000145. The predicted octanol–water partition coefficient (Wildman–Crippen LogP) is 6.35. The van der Waals surface area contributed by atoms with Crippen LogP contribution in [-0.2, 0) is 0 Å². The monoisotopic (exact) mass is 530 g/mol. The summed E-state index contributed by atoms with van der Waals surface area (Å²) in [6.07, 6.45) is 11.9. The zero-order valence-electron chi connectivity index (χ0n) is 20.3. The third kappa shape index (κ3) is 5.20. The van der Waals surface area contributed by atoms with Crippen LogP contribution >= 0.6 is 15.9 Å². The Kier molecular flexibility index (Phi) is 7.04. The molecule has 0 aliphatic carbocycles. The molecule has 0 spiro atoms. The lowest BCUT2D eigenvalue weighted by Gasteiger charge is -2.21. The van der Waals surface area contributed by atoms with E-state index in [2.05, 4.69) is 92.5 Å². The summed E-state index contributed by atoms with van der Waals surface area (Å²) in [4.78, 5) is 22.1. The molecule has 4 heterocycles. The lowest BCUT2D eigenvalue weighted by atomic mass is 9.98. The largest absolute Gasteiger partial charge is 0.361 e. The zero-order valence-corrected chi connectivity index (χ0v) is 21.9. The van der Waals surface area contributed by atoms with Crippen molar-refractivity contribution in [1.82, 2.24) is 19.8 Å². The van der Waals surface area contributed by atoms with E-state index in [1.54, 1.807) is 0 Å². The fraction of sp³-hybridized carbons (Fsp3) is 0.276. The number of carbonyl (C=O) groups excluding carboxylic acids is 1. The maximum Gasteiger partial charge on any atom is 0.150 e. The third-order valence-electron chi connectivity index (χ3n) is 7.00. The van der Waals surface area contributed by atoms with Crippen LogP contribution < -0.4 is 0 Å². The lowest BCUT2D eigenvalue weighted by molar-refractivity contribution is 0.112. The molecule has 6 heteroatoms. The van der Waals surface area contributed by atoms with Crippen molar-refractivity contribution in [3.63, 3.8) is 0 Å². The number of benzene rings is 2. The molecule has 0 saturated carbocycles. The highest BCUT2D eigenvalue weighted by atomic mass is 79.9. The predicted molar refractivity (Wildman–Crippen MR) is 150 cm³/mol. The van der Waals surface area contributed by atoms with Crippen LogP contribution in [0.5, 0.6) is 0 Å². The number of likely N-dealkylation sites (N-methyl/N-ethyl adjacent to an activating group) is 2. The minimum absolute atomic E-state index is 0.733. The quantitative estimate of drug-likeness (QED) is 0.303. The van der Waals surface area contributed by atoms with Gasteiger partial charge in [-0.3, -0.25) is 4.79 Å². The first-order valence-corrected chi connectivity index (χ1v) is 12.9. The molecule has 2 aromatic heterocycles. The molecule has 2 N–H and O–H groups in total. The van der Waals surface area contributed by atoms with Gasteiger partial charge in [-0.15, -0.1) is 0 Å². The Bertz CT molecular complexity index is 1430. The summed E-state index contributed by atoms with van der Waals surface area (Å²) in [6.45, 7) is 4.28. The first-order chi connectivity index (χ1) is 17.0. The molecular formula is C29H31BrN4O. The van der Waals surface area contributed by atoms with Crippen LogP contribution in [0.4, 0.5) is 0 Å². The molecular weight excluding hydrogens is 500 g/mol. The number of aromatic nitrogens is 2. The summed E-state index contributed by atoms with van der Waals surface area (Å²) in [5, 5.41) is 2.46. The number of fused-ring (bicyclic) bond motifs is 2. The number of rotatable bonds is 3. The normalized spacial score (nSPS) is 17.1. The van der Waals surface area contributed by atoms with Gasteiger partial charge in [-0.05, 0) is 74.5 Å². The number of nitrogens with zero attached hydrogens (tertiary/aromatic N) is 2. The van der Waals surface area contributed by atoms with Crippen LogP contribution in [0.3, 0.4) is 0 Å². The van der Waals surface area contributed by atoms with E-state index in [1.165, 1.54) is 33.2 Å². The van der Waals surface area contributed by atoms with Crippen molar-refractivity contribution in [3.8, 4) is 0 Å². The number of carbonyl (C=O) groups is 1. The summed E-state index contributed by atoms with van der Waals surface area (Å²) >= 11 is 3.54. The SMILES string of the molecule is CN1CC=C(c2c[nH]c3ccc(Br)cc23)CC1.CN1CC=C(c2c[nH]c3ccc(C=O)cc23)CC1. The fourth-order valence-electron chi connectivity index (χ4n) is 4.87. The minimum atomic E-state index is 0.733. The molecule has 0 saturated heterocycles. The molecule has 35 heavy (non-hydrogen) atoms. The summed E-state index contributed by atoms with van der Waals surface area (Å²) in [7, 11) is 4.30. The molecule has 2 aliphatic heterocycles. The molecule has 5 nitrogen and oxygen atoms in total. The van der Waals surface area contributed by atoms with E-state index < -0.39 is 0 Å². The summed E-state index contributed by atoms with van der Waals surface area (Å²) in [5.41, 5.74) is 8.47. The highest BCUT2D eigenvalue weighted by Gasteiger charge is 2.14. The van der Waals surface area contributed by atoms with Gasteiger partial charge in [-0.2, -0.15) is 0 Å².